The Morgan fingerprint density at radius 2 is 2.13 bits per heavy atom. The number of phenolic OH excluding ortho intramolecular Hbond substituents is 1. The molecule has 1 heterocycles. The smallest absolute Gasteiger partial charge is 0.161 e. The van der Waals surface area contributed by atoms with Crippen molar-refractivity contribution in [1.82, 2.24) is 4.98 Å². The van der Waals surface area contributed by atoms with Crippen molar-refractivity contribution in [3.8, 4) is 17.2 Å². The van der Waals surface area contributed by atoms with E-state index in [0.717, 1.165) is 6.42 Å². The second-order valence-electron chi connectivity index (χ2n) is 5.95. The van der Waals surface area contributed by atoms with Crippen molar-refractivity contribution >= 4 is 10.9 Å². The number of aromatic hydroxyl groups is 1. The lowest BCUT2D eigenvalue weighted by molar-refractivity contribution is 0.124. The lowest BCUT2D eigenvalue weighted by Gasteiger charge is -2.20. The molecule has 23 heavy (non-hydrogen) atoms. The molecular formula is C18H20FNO3. The number of phenols is 1. The first-order valence-electron chi connectivity index (χ1n) is 7.71. The van der Waals surface area contributed by atoms with Crippen molar-refractivity contribution in [1.29, 1.82) is 0 Å². The van der Waals surface area contributed by atoms with Gasteiger partial charge in [0, 0.05) is 17.6 Å². The van der Waals surface area contributed by atoms with Gasteiger partial charge in [0.2, 0.25) is 0 Å². The van der Waals surface area contributed by atoms with Crippen LogP contribution in [0.1, 0.15) is 19.8 Å². The van der Waals surface area contributed by atoms with Crippen LogP contribution in [0.25, 0.3) is 10.9 Å². The molecule has 0 fully saturated rings. The predicted octanol–water partition coefficient (Wildman–Crippen LogP) is 4.02. The maximum absolute atomic E-state index is 14.4. The van der Waals surface area contributed by atoms with Crippen LogP contribution < -0.4 is 9.47 Å². The molecule has 1 aliphatic rings. The van der Waals surface area contributed by atoms with Crippen LogP contribution in [0.5, 0.6) is 17.2 Å². The average Bonchev–Trinajstić information content (AvgIpc) is 2.68. The largest absolute Gasteiger partial charge is 0.504 e. The molecule has 4 nitrogen and oxygen atoms in total. The Morgan fingerprint density at radius 3 is 2.91 bits per heavy atom. The Labute approximate surface area is 134 Å². The molecule has 3 atom stereocenters. The van der Waals surface area contributed by atoms with E-state index in [-0.39, 0.29) is 5.75 Å². The summed E-state index contributed by atoms with van der Waals surface area (Å²) in [4.78, 5) is 4.21. The summed E-state index contributed by atoms with van der Waals surface area (Å²) < 4.78 is 25.4. The third-order valence-corrected chi connectivity index (χ3v) is 4.11. The van der Waals surface area contributed by atoms with E-state index in [4.69, 9.17) is 9.47 Å². The third kappa shape index (κ3) is 3.23. The van der Waals surface area contributed by atoms with E-state index in [2.05, 4.69) is 4.98 Å². The number of nitrogens with zero attached hydrogens (tertiary/aromatic N) is 1. The molecule has 0 spiro atoms. The Balaban J connectivity index is 1.96. The normalized spacial score (nSPS) is 24.4. The number of fused-ring (bicyclic) bond motifs is 1. The van der Waals surface area contributed by atoms with Gasteiger partial charge >= 0.3 is 0 Å². The minimum Gasteiger partial charge on any atom is -0.504 e. The van der Waals surface area contributed by atoms with Gasteiger partial charge < -0.3 is 14.6 Å². The first-order chi connectivity index (χ1) is 11.1. The Morgan fingerprint density at radius 1 is 1.30 bits per heavy atom. The second kappa shape index (κ2) is 6.44. The molecular weight excluding hydrogens is 297 g/mol. The van der Waals surface area contributed by atoms with Gasteiger partial charge in [-0.25, -0.2) is 4.39 Å². The van der Waals surface area contributed by atoms with Gasteiger partial charge in [0.25, 0.3) is 0 Å². The van der Waals surface area contributed by atoms with Crippen LogP contribution in [-0.4, -0.2) is 29.5 Å². The first-order valence-corrected chi connectivity index (χ1v) is 7.71. The quantitative estimate of drug-likeness (QED) is 0.869. The van der Waals surface area contributed by atoms with Gasteiger partial charge in [0.05, 0.1) is 12.6 Å². The number of methoxy groups -OCH3 is 1. The Bertz CT molecular complexity index is 732. The van der Waals surface area contributed by atoms with E-state index < -0.39 is 12.3 Å². The topological polar surface area (TPSA) is 51.6 Å². The van der Waals surface area contributed by atoms with Crippen LogP contribution in [0.15, 0.2) is 36.5 Å². The number of ether oxygens (including phenoxy) is 2. The van der Waals surface area contributed by atoms with Gasteiger partial charge in [-0.2, -0.15) is 0 Å². The average molecular weight is 317 g/mol. The number of rotatable bonds is 3. The number of benzene rings is 1. The lowest BCUT2D eigenvalue weighted by Crippen LogP contribution is -2.26. The highest BCUT2D eigenvalue weighted by Crippen LogP contribution is 2.35. The van der Waals surface area contributed by atoms with Gasteiger partial charge in [0.15, 0.2) is 11.5 Å². The maximum atomic E-state index is 14.4. The molecule has 0 aliphatic heterocycles. The van der Waals surface area contributed by atoms with E-state index in [1.807, 2.05) is 13.0 Å². The zero-order chi connectivity index (χ0) is 16.4. The number of alkyl halides is 1. The van der Waals surface area contributed by atoms with Gasteiger partial charge in [-0.15, -0.1) is 0 Å². The summed E-state index contributed by atoms with van der Waals surface area (Å²) in [7, 11) is 1.48. The fourth-order valence-corrected chi connectivity index (χ4v) is 2.84. The standard InChI is InChI=1S/C18H20FNO3/c1-11-4-3-5-17(13(19)8-11)23-16-6-7-20-14-10-15(21)18(22-2)9-12(14)16/h3,5-7,9-11,13,17,21H,4,8H2,1-2H3. The van der Waals surface area contributed by atoms with Crippen molar-refractivity contribution in [2.24, 2.45) is 5.92 Å². The summed E-state index contributed by atoms with van der Waals surface area (Å²) in [6, 6.07) is 4.87. The van der Waals surface area contributed by atoms with E-state index in [1.165, 1.54) is 13.2 Å². The predicted molar refractivity (Wildman–Crippen MR) is 86.8 cm³/mol. The summed E-state index contributed by atoms with van der Waals surface area (Å²) in [5.41, 5.74) is 0.571. The summed E-state index contributed by atoms with van der Waals surface area (Å²) in [5.74, 6) is 1.18. The van der Waals surface area contributed by atoms with Crippen LogP contribution >= 0.6 is 0 Å². The van der Waals surface area contributed by atoms with Gasteiger partial charge in [-0.3, -0.25) is 4.98 Å². The van der Waals surface area contributed by atoms with Crippen molar-refractivity contribution in [3.63, 3.8) is 0 Å². The van der Waals surface area contributed by atoms with E-state index in [0.29, 0.717) is 34.7 Å². The molecule has 0 amide bonds. The number of aromatic nitrogens is 1. The summed E-state index contributed by atoms with van der Waals surface area (Å²) in [6.07, 6.45) is 5.02. The molecule has 1 N–H and O–H groups in total. The highest BCUT2D eigenvalue weighted by Gasteiger charge is 2.25. The molecule has 1 aliphatic carbocycles. The molecule has 3 rings (SSSR count). The number of pyridine rings is 1. The van der Waals surface area contributed by atoms with E-state index in [1.54, 1.807) is 24.4 Å². The van der Waals surface area contributed by atoms with Crippen LogP contribution in [-0.2, 0) is 0 Å². The first kappa shape index (κ1) is 15.6. The zero-order valence-electron chi connectivity index (χ0n) is 13.2. The van der Waals surface area contributed by atoms with Crippen molar-refractivity contribution < 1.29 is 19.0 Å². The fraction of sp³-hybridized carbons (Fsp3) is 0.389. The number of hydrogen-bond acceptors (Lipinski definition) is 4. The molecule has 3 unspecified atom stereocenters. The molecule has 0 radical (unpaired) electrons. The van der Waals surface area contributed by atoms with E-state index >= 15 is 0 Å². The minimum absolute atomic E-state index is 0.0104. The molecule has 0 bridgehead atoms. The summed E-state index contributed by atoms with van der Waals surface area (Å²) >= 11 is 0. The monoisotopic (exact) mass is 317 g/mol. The molecule has 0 saturated carbocycles. The van der Waals surface area contributed by atoms with Gasteiger partial charge in [-0.05, 0) is 37.0 Å². The van der Waals surface area contributed by atoms with Gasteiger partial charge in [0.1, 0.15) is 18.0 Å². The fourth-order valence-electron chi connectivity index (χ4n) is 2.84. The molecule has 0 saturated heterocycles. The highest BCUT2D eigenvalue weighted by molar-refractivity contribution is 5.88. The third-order valence-electron chi connectivity index (χ3n) is 4.11. The SMILES string of the molecule is COc1cc2c(OC3C=CCC(C)CC3F)ccnc2cc1O. The van der Waals surface area contributed by atoms with Crippen LogP contribution in [0.3, 0.4) is 0 Å². The molecule has 122 valence electrons. The molecule has 5 heteroatoms. The van der Waals surface area contributed by atoms with Crippen molar-refractivity contribution in [3.05, 3.63) is 36.5 Å². The van der Waals surface area contributed by atoms with Crippen molar-refractivity contribution in [2.45, 2.75) is 32.0 Å². The Hall–Kier alpha value is -2.30. The molecule has 1 aromatic carbocycles. The molecule has 1 aromatic heterocycles. The van der Waals surface area contributed by atoms with Crippen LogP contribution in [0.4, 0.5) is 4.39 Å². The Kier molecular flexibility index (Phi) is 4.37. The highest BCUT2D eigenvalue weighted by atomic mass is 19.1. The number of hydrogen-bond donors (Lipinski definition) is 1. The minimum atomic E-state index is -1.05. The van der Waals surface area contributed by atoms with Crippen LogP contribution in [0, 0.1) is 5.92 Å². The zero-order valence-corrected chi connectivity index (χ0v) is 13.2. The van der Waals surface area contributed by atoms with E-state index in [9.17, 15) is 9.50 Å². The maximum Gasteiger partial charge on any atom is 0.161 e. The number of allylic oxidation sites excluding steroid dienone is 1. The van der Waals surface area contributed by atoms with Gasteiger partial charge in [-0.1, -0.05) is 13.0 Å². The van der Waals surface area contributed by atoms with Crippen LogP contribution in [0.2, 0.25) is 0 Å². The summed E-state index contributed by atoms with van der Waals surface area (Å²) in [5, 5.41) is 10.5. The number of halogens is 1. The molecule has 2 aromatic rings. The lowest BCUT2D eigenvalue weighted by atomic mass is 10.0. The second-order valence-corrected chi connectivity index (χ2v) is 5.95. The van der Waals surface area contributed by atoms with Crippen molar-refractivity contribution in [2.75, 3.05) is 7.11 Å². The summed E-state index contributed by atoms with van der Waals surface area (Å²) in [6.45, 7) is 2.04.